The van der Waals surface area contributed by atoms with Crippen LogP contribution in [0.3, 0.4) is 0 Å². The number of nitrogens with one attached hydrogen (secondary N) is 2. The summed E-state index contributed by atoms with van der Waals surface area (Å²) in [5.41, 5.74) is 3.61. The van der Waals surface area contributed by atoms with E-state index >= 15 is 0 Å². The van der Waals surface area contributed by atoms with Gasteiger partial charge in [0.15, 0.2) is 11.5 Å². The van der Waals surface area contributed by atoms with Crippen LogP contribution in [0.1, 0.15) is 16.7 Å². The molecule has 2 N–H and O–H groups in total. The lowest BCUT2D eigenvalue weighted by Crippen LogP contribution is -2.28. The number of methoxy groups -OCH3 is 3. The summed E-state index contributed by atoms with van der Waals surface area (Å²) in [6.07, 6.45) is 0. The van der Waals surface area contributed by atoms with Crippen LogP contribution in [0.4, 0.5) is 10.5 Å². The smallest absolute Gasteiger partial charge is 0.319 e. The van der Waals surface area contributed by atoms with E-state index in [9.17, 15) is 4.79 Å². The maximum absolute atomic E-state index is 12.3. The summed E-state index contributed by atoms with van der Waals surface area (Å²) in [5.74, 6) is 1.61. The number of amides is 2. The summed E-state index contributed by atoms with van der Waals surface area (Å²) in [6.45, 7) is 4.22. The van der Waals surface area contributed by atoms with Crippen molar-refractivity contribution in [1.82, 2.24) is 5.32 Å². The minimum absolute atomic E-state index is 0.285. The Kier molecular flexibility index (Phi) is 6.74. The molecule has 0 radical (unpaired) electrons. The molecule has 2 aromatic rings. The first-order valence-electron chi connectivity index (χ1n) is 8.00. The first-order valence-corrected chi connectivity index (χ1v) is 8.79. The van der Waals surface area contributed by atoms with Crippen LogP contribution in [0.2, 0.25) is 0 Å². The van der Waals surface area contributed by atoms with Crippen LogP contribution in [0.15, 0.2) is 28.7 Å². The van der Waals surface area contributed by atoms with Gasteiger partial charge >= 0.3 is 6.03 Å². The Morgan fingerprint density at radius 3 is 1.96 bits per heavy atom. The highest BCUT2D eigenvalue weighted by Crippen LogP contribution is 2.38. The van der Waals surface area contributed by atoms with E-state index in [-0.39, 0.29) is 6.03 Å². The van der Waals surface area contributed by atoms with Gasteiger partial charge in [-0.15, -0.1) is 0 Å². The van der Waals surface area contributed by atoms with Gasteiger partial charge in [-0.3, -0.25) is 0 Å². The van der Waals surface area contributed by atoms with Gasteiger partial charge in [0.05, 0.1) is 21.3 Å². The van der Waals surface area contributed by atoms with Crippen LogP contribution in [0.25, 0.3) is 0 Å². The Balaban J connectivity index is 2.10. The van der Waals surface area contributed by atoms with Crippen molar-refractivity contribution >= 4 is 27.6 Å². The zero-order valence-corrected chi connectivity index (χ0v) is 17.1. The molecule has 0 heterocycles. The predicted molar refractivity (Wildman–Crippen MR) is 106 cm³/mol. The first kappa shape index (κ1) is 19.9. The Bertz CT molecular complexity index is 760. The van der Waals surface area contributed by atoms with E-state index in [1.807, 2.05) is 26.0 Å². The topological polar surface area (TPSA) is 68.8 Å². The summed E-state index contributed by atoms with van der Waals surface area (Å²) in [6, 6.07) is 7.24. The van der Waals surface area contributed by atoms with Crippen molar-refractivity contribution in [2.24, 2.45) is 0 Å². The van der Waals surface area contributed by atoms with Crippen molar-refractivity contribution < 1.29 is 19.0 Å². The van der Waals surface area contributed by atoms with Gasteiger partial charge in [-0.2, -0.15) is 0 Å². The number of rotatable bonds is 6. The molecule has 2 amide bonds. The Morgan fingerprint density at radius 2 is 1.50 bits per heavy atom. The van der Waals surface area contributed by atoms with Crippen LogP contribution in [0, 0.1) is 13.8 Å². The van der Waals surface area contributed by atoms with Gasteiger partial charge in [0.25, 0.3) is 0 Å². The second-order valence-corrected chi connectivity index (χ2v) is 6.67. The number of hydrogen-bond donors (Lipinski definition) is 2. The van der Waals surface area contributed by atoms with E-state index in [1.54, 1.807) is 33.5 Å². The molecule has 0 bridgehead atoms. The third-order valence-electron chi connectivity index (χ3n) is 3.91. The quantitative estimate of drug-likeness (QED) is 0.722. The first-order chi connectivity index (χ1) is 12.4. The summed E-state index contributed by atoms with van der Waals surface area (Å²) >= 11 is 3.45. The number of aryl methyl sites for hydroxylation is 2. The molecule has 0 unspecified atom stereocenters. The molecule has 0 aliphatic carbocycles. The normalized spacial score (nSPS) is 10.2. The summed E-state index contributed by atoms with van der Waals surface area (Å²) in [7, 11) is 4.66. The molecule has 0 aromatic heterocycles. The molecule has 2 aromatic carbocycles. The summed E-state index contributed by atoms with van der Waals surface area (Å²) in [5, 5.41) is 5.74. The molecule has 0 spiro atoms. The largest absolute Gasteiger partial charge is 0.493 e. The summed E-state index contributed by atoms with van der Waals surface area (Å²) in [4.78, 5) is 12.3. The molecule has 26 heavy (non-hydrogen) atoms. The van der Waals surface area contributed by atoms with E-state index in [1.165, 1.54) is 0 Å². The van der Waals surface area contributed by atoms with Crippen molar-refractivity contribution in [1.29, 1.82) is 0 Å². The highest BCUT2D eigenvalue weighted by atomic mass is 79.9. The fourth-order valence-electron chi connectivity index (χ4n) is 2.69. The zero-order chi connectivity index (χ0) is 19.3. The molecule has 0 aliphatic rings. The molecule has 140 valence electrons. The lowest BCUT2D eigenvalue weighted by Gasteiger charge is -2.15. The molecule has 0 saturated carbocycles. The Morgan fingerprint density at radius 1 is 0.962 bits per heavy atom. The number of carbonyl (C=O) groups is 1. The number of ether oxygens (including phenoxy) is 3. The van der Waals surface area contributed by atoms with Gasteiger partial charge in [0.2, 0.25) is 5.75 Å². The minimum atomic E-state index is -0.285. The number of hydrogen-bond acceptors (Lipinski definition) is 4. The zero-order valence-electron chi connectivity index (χ0n) is 15.5. The third-order valence-corrected chi connectivity index (χ3v) is 4.37. The average molecular weight is 423 g/mol. The molecule has 0 aliphatic heterocycles. The Hall–Kier alpha value is -2.41. The van der Waals surface area contributed by atoms with Gasteiger partial charge in [-0.1, -0.05) is 15.9 Å². The van der Waals surface area contributed by atoms with Crippen LogP contribution in [-0.2, 0) is 6.54 Å². The van der Waals surface area contributed by atoms with Crippen molar-refractivity contribution in [3.8, 4) is 17.2 Å². The van der Waals surface area contributed by atoms with E-state index in [0.717, 1.165) is 26.9 Å². The molecule has 2 rings (SSSR count). The maximum atomic E-state index is 12.3. The molecule has 7 heteroatoms. The maximum Gasteiger partial charge on any atom is 0.319 e. The minimum Gasteiger partial charge on any atom is -0.493 e. The van der Waals surface area contributed by atoms with Gasteiger partial charge in [0, 0.05) is 16.7 Å². The highest BCUT2D eigenvalue weighted by Gasteiger charge is 2.14. The predicted octanol–water partition coefficient (Wildman–Crippen LogP) is 4.41. The van der Waals surface area contributed by atoms with E-state index in [2.05, 4.69) is 26.6 Å². The van der Waals surface area contributed by atoms with Crippen LogP contribution in [-0.4, -0.2) is 27.4 Å². The third kappa shape index (κ3) is 4.60. The lowest BCUT2D eigenvalue weighted by atomic mass is 10.1. The lowest BCUT2D eigenvalue weighted by molar-refractivity contribution is 0.251. The van der Waals surface area contributed by atoms with E-state index in [0.29, 0.717) is 23.8 Å². The fraction of sp³-hybridized carbons (Fsp3) is 0.316. The van der Waals surface area contributed by atoms with E-state index < -0.39 is 0 Å². The fourth-order valence-corrected chi connectivity index (χ4v) is 3.37. The van der Waals surface area contributed by atoms with Crippen molar-refractivity contribution in [3.63, 3.8) is 0 Å². The number of benzene rings is 2. The number of anilines is 1. The van der Waals surface area contributed by atoms with Crippen molar-refractivity contribution in [2.45, 2.75) is 20.4 Å². The SMILES string of the molecule is COc1cc(CNC(=O)Nc2c(C)cc(Br)cc2C)cc(OC)c1OC. The van der Waals surface area contributed by atoms with Crippen LogP contribution in [0.5, 0.6) is 17.2 Å². The Labute approximate surface area is 162 Å². The van der Waals surface area contributed by atoms with Gasteiger partial charge in [0.1, 0.15) is 0 Å². The van der Waals surface area contributed by atoms with Crippen LogP contribution >= 0.6 is 15.9 Å². The molecular formula is C19H23BrN2O4. The van der Waals surface area contributed by atoms with Gasteiger partial charge in [-0.05, 0) is 54.8 Å². The van der Waals surface area contributed by atoms with Crippen molar-refractivity contribution in [2.75, 3.05) is 26.6 Å². The van der Waals surface area contributed by atoms with Crippen molar-refractivity contribution in [3.05, 3.63) is 45.4 Å². The standard InChI is InChI=1S/C19H23BrN2O4/c1-11-6-14(20)7-12(2)17(11)22-19(23)21-10-13-8-15(24-3)18(26-5)16(9-13)25-4/h6-9H,10H2,1-5H3,(H2,21,22,23). The number of carbonyl (C=O) groups excluding carboxylic acids is 1. The number of urea groups is 1. The second kappa shape index (κ2) is 8.80. The second-order valence-electron chi connectivity index (χ2n) is 5.76. The molecular weight excluding hydrogens is 400 g/mol. The van der Waals surface area contributed by atoms with Crippen LogP contribution < -0.4 is 24.8 Å². The van der Waals surface area contributed by atoms with Gasteiger partial charge < -0.3 is 24.8 Å². The molecule has 0 fully saturated rings. The summed E-state index contributed by atoms with van der Waals surface area (Å²) < 4.78 is 16.9. The molecule has 6 nitrogen and oxygen atoms in total. The highest BCUT2D eigenvalue weighted by molar-refractivity contribution is 9.10. The van der Waals surface area contributed by atoms with E-state index in [4.69, 9.17) is 14.2 Å². The average Bonchev–Trinajstić information content (AvgIpc) is 2.61. The number of halogens is 1. The monoisotopic (exact) mass is 422 g/mol. The van der Waals surface area contributed by atoms with Gasteiger partial charge in [-0.25, -0.2) is 4.79 Å². The molecule has 0 atom stereocenters. The molecule has 0 saturated heterocycles.